The van der Waals surface area contributed by atoms with Gasteiger partial charge in [0.25, 0.3) is 0 Å². The number of carbonyl (C=O) groups excluding carboxylic acids is 3. The van der Waals surface area contributed by atoms with Gasteiger partial charge in [-0.2, -0.15) is 0 Å². The number of rotatable bonds is 12. The van der Waals surface area contributed by atoms with Gasteiger partial charge in [-0.3, -0.25) is 19.4 Å². The zero-order valence-electron chi connectivity index (χ0n) is 18.5. The average molecular weight is 458 g/mol. The highest BCUT2D eigenvalue weighted by molar-refractivity contribution is 5.94. The Morgan fingerprint density at radius 2 is 1.84 bits per heavy atom. The number of nitrogens with two attached hydrogens (primary N) is 3. The quantitative estimate of drug-likeness (QED) is 0.0902. The number of carbonyl (C=O) groups is 4. The number of nitrogens with one attached hydrogen (secondary N) is 2. The molecule has 0 aliphatic carbocycles. The van der Waals surface area contributed by atoms with Gasteiger partial charge in [0.1, 0.15) is 18.1 Å². The smallest absolute Gasteiger partial charge is 0.328 e. The number of hydrogen-bond donors (Lipinski definition) is 7. The van der Waals surface area contributed by atoms with Crippen LogP contribution in [0.1, 0.15) is 39.5 Å². The van der Waals surface area contributed by atoms with Gasteiger partial charge in [-0.1, -0.05) is 13.8 Å². The lowest BCUT2D eigenvalue weighted by molar-refractivity contribution is -0.144. The number of guanidine groups is 1. The van der Waals surface area contributed by atoms with Gasteiger partial charge >= 0.3 is 5.97 Å². The van der Waals surface area contributed by atoms with Crippen LogP contribution >= 0.6 is 0 Å². The van der Waals surface area contributed by atoms with E-state index in [2.05, 4.69) is 15.6 Å². The van der Waals surface area contributed by atoms with Crippen LogP contribution < -0.4 is 27.8 Å². The molecule has 10 N–H and O–H groups in total. The molecule has 182 valence electrons. The summed E-state index contributed by atoms with van der Waals surface area (Å²) >= 11 is 0. The van der Waals surface area contributed by atoms with Gasteiger partial charge in [-0.05, 0) is 31.6 Å². The molecule has 13 nitrogen and oxygen atoms in total. The predicted octanol–water partition coefficient (Wildman–Crippen LogP) is -2.94. The third kappa shape index (κ3) is 7.96. The minimum absolute atomic E-state index is 0.0430. The number of aliphatic imine (C=N–C) groups is 1. The normalized spacial score (nSPS) is 18.5. The maximum Gasteiger partial charge on any atom is 0.328 e. The summed E-state index contributed by atoms with van der Waals surface area (Å²) in [6.45, 7) is 3.28. The molecule has 0 saturated carbocycles. The van der Waals surface area contributed by atoms with Crippen molar-refractivity contribution in [3.63, 3.8) is 0 Å². The number of carboxylic acid groups (broad SMARTS) is 1. The lowest BCUT2D eigenvalue weighted by Gasteiger charge is -2.29. The highest BCUT2D eigenvalue weighted by atomic mass is 16.4. The molecule has 4 unspecified atom stereocenters. The first kappa shape index (κ1) is 27.1. The van der Waals surface area contributed by atoms with Crippen molar-refractivity contribution in [3.8, 4) is 0 Å². The first-order chi connectivity index (χ1) is 15.0. The number of carboxylic acids is 1. The van der Waals surface area contributed by atoms with Gasteiger partial charge in [0.05, 0.1) is 12.6 Å². The van der Waals surface area contributed by atoms with Crippen molar-refractivity contribution in [1.29, 1.82) is 0 Å². The molecule has 13 heteroatoms. The van der Waals surface area contributed by atoms with Gasteiger partial charge < -0.3 is 42.9 Å². The fourth-order valence-corrected chi connectivity index (χ4v) is 3.39. The Hall–Kier alpha value is -2.93. The van der Waals surface area contributed by atoms with E-state index < -0.39 is 48.6 Å². The number of aliphatic hydroxyl groups excluding tert-OH is 1. The lowest BCUT2D eigenvalue weighted by atomic mass is 10.0. The van der Waals surface area contributed by atoms with Crippen molar-refractivity contribution in [2.24, 2.45) is 28.1 Å². The summed E-state index contributed by atoms with van der Waals surface area (Å²) < 4.78 is 0. The Morgan fingerprint density at radius 1 is 1.19 bits per heavy atom. The summed E-state index contributed by atoms with van der Waals surface area (Å²) in [5.41, 5.74) is 16.5. The van der Waals surface area contributed by atoms with Crippen LogP contribution in [-0.2, 0) is 19.2 Å². The van der Waals surface area contributed by atoms with E-state index in [0.29, 0.717) is 38.8 Å². The molecular formula is C19H35N7O6. The van der Waals surface area contributed by atoms with Gasteiger partial charge in [-0.15, -0.1) is 0 Å². The minimum atomic E-state index is -1.48. The first-order valence-corrected chi connectivity index (χ1v) is 10.5. The fourth-order valence-electron chi connectivity index (χ4n) is 3.39. The van der Waals surface area contributed by atoms with Crippen LogP contribution in [-0.4, -0.2) is 88.6 Å². The van der Waals surface area contributed by atoms with E-state index in [-0.39, 0.29) is 17.8 Å². The Balaban J connectivity index is 2.77. The molecule has 1 heterocycles. The second-order valence-electron chi connectivity index (χ2n) is 8.06. The first-order valence-electron chi connectivity index (χ1n) is 10.5. The van der Waals surface area contributed by atoms with Gasteiger partial charge in [0.2, 0.25) is 17.7 Å². The van der Waals surface area contributed by atoms with E-state index in [1.54, 1.807) is 13.8 Å². The molecule has 1 saturated heterocycles. The second kappa shape index (κ2) is 12.8. The van der Waals surface area contributed by atoms with E-state index in [1.807, 2.05) is 0 Å². The van der Waals surface area contributed by atoms with Gasteiger partial charge in [0, 0.05) is 13.1 Å². The molecular weight excluding hydrogens is 422 g/mol. The third-order valence-corrected chi connectivity index (χ3v) is 5.17. The number of aliphatic hydroxyl groups is 1. The molecule has 0 bridgehead atoms. The Labute approximate surface area is 186 Å². The Kier molecular flexibility index (Phi) is 10.9. The highest BCUT2D eigenvalue weighted by Gasteiger charge is 2.38. The Bertz CT molecular complexity index is 710. The SMILES string of the molecule is CC(C)C(NC(=O)C1CCCN1C(=O)C(N)CCCN=C(N)N)C(=O)NC(CO)C(=O)O. The molecule has 3 amide bonds. The lowest BCUT2D eigenvalue weighted by Crippen LogP contribution is -2.58. The zero-order valence-corrected chi connectivity index (χ0v) is 18.5. The highest BCUT2D eigenvalue weighted by Crippen LogP contribution is 2.20. The summed E-state index contributed by atoms with van der Waals surface area (Å²) in [4.78, 5) is 54.5. The summed E-state index contributed by atoms with van der Waals surface area (Å²) in [7, 11) is 0. The van der Waals surface area contributed by atoms with Crippen molar-refractivity contribution in [1.82, 2.24) is 15.5 Å². The van der Waals surface area contributed by atoms with E-state index in [9.17, 15) is 19.2 Å². The van der Waals surface area contributed by atoms with Crippen LogP contribution in [0.5, 0.6) is 0 Å². The molecule has 1 fully saturated rings. The van der Waals surface area contributed by atoms with Crippen LogP contribution in [0.4, 0.5) is 0 Å². The van der Waals surface area contributed by atoms with E-state index in [0.717, 1.165) is 0 Å². The van der Waals surface area contributed by atoms with E-state index in [1.165, 1.54) is 4.90 Å². The number of hydrogen-bond acceptors (Lipinski definition) is 7. The van der Waals surface area contributed by atoms with Crippen LogP contribution in [0.2, 0.25) is 0 Å². The number of likely N-dealkylation sites (tertiary alicyclic amines) is 1. The number of aliphatic carboxylic acids is 1. The summed E-state index contributed by atoms with van der Waals surface area (Å²) in [6, 6.07) is -4.13. The largest absolute Gasteiger partial charge is 0.480 e. The molecule has 1 aliphatic rings. The van der Waals surface area contributed by atoms with Gasteiger partial charge in [0.15, 0.2) is 5.96 Å². The predicted molar refractivity (Wildman–Crippen MR) is 116 cm³/mol. The van der Waals surface area contributed by atoms with Crippen LogP contribution in [0.15, 0.2) is 4.99 Å². The fraction of sp³-hybridized carbons (Fsp3) is 0.737. The Morgan fingerprint density at radius 3 is 2.38 bits per heavy atom. The van der Waals surface area contributed by atoms with Crippen molar-refractivity contribution >= 4 is 29.7 Å². The second-order valence-corrected chi connectivity index (χ2v) is 8.06. The molecule has 4 atom stereocenters. The number of amides is 3. The van der Waals surface area contributed by atoms with Crippen molar-refractivity contribution in [3.05, 3.63) is 0 Å². The van der Waals surface area contributed by atoms with Crippen LogP contribution in [0, 0.1) is 5.92 Å². The van der Waals surface area contributed by atoms with E-state index in [4.69, 9.17) is 27.4 Å². The van der Waals surface area contributed by atoms with Crippen molar-refractivity contribution in [2.45, 2.75) is 63.7 Å². The minimum Gasteiger partial charge on any atom is -0.480 e. The molecule has 0 aromatic heterocycles. The topological polar surface area (TPSA) is 226 Å². The standard InChI is InChI=1S/C19H35N7O6/c1-10(2)14(16(29)24-12(9-27)18(31)32)25-15(28)13-6-4-8-26(13)17(30)11(20)5-3-7-23-19(21)22/h10-14,27H,3-9,20H2,1-2H3,(H,24,29)(H,25,28)(H,31,32)(H4,21,22,23). The molecule has 1 rings (SSSR count). The van der Waals surface area contributed by atoms with Gasteiger partial charge in [-0.25, -0.2) is 4.79 Å². The molecule has 0 spiro atoms. The van der Waals surface area contributed by atoms with Crippen LogP contribution in [0.25, 0.3) is 0 Å². The maximum absolute atomic E-state index is 12.9. The third-order valence-electron chi connectivity index (χ3n) is 5.17. The van der Waals surface area contributed by atoms with Crippen molar-refractivity contribution < 1.29 is 29.4 Å². The molecule has 32 heavy (non-hydrogen) atoms. The molecule has 0 radical (unpaired) electrons. The van der Waals surface area contributed by atoms with E-state index >= 15 is 0 Å². The zero-order chi connectivity index (χ0) is 24.4. The molecule has 0 aromatic rings. The molecule has 0 aromatic carbocycles. The number of nitrogens with zero attached hydrogens (tertiary/aromatic N) is 2. The molecule has 1 aliphatic heterocycles. The summed E-state index contributed by atoms with van der Waals surface area (Å²) in [5, 5.41) is 22.9. The van der Waals surface area contributed by atoms with Crippen LogP contribution in [0.3, 0.4) is 0 Å². The maximum atomic E-state index is 12.9. The average Bonchev–Trinajstić information content (AvgIpc) is 3.21. The monoisotopic (exact) mass is 457 g/mol. The van der Waals surface area contributed by atoms with Crippen molar-refractivity contribution in [2.75, 3.05) is 19.7 Å². The summed E-state index contributed by atoms with van der Waals surface area (Å²) in [5.74, 6) is -3.43. The summed E-state index contributed by atoms with van der Waals surface area (Å²) in [6.07, 6.45) is 1.86.